The van der Waals surface area contributed by atoms with Crippen LogP contribution >= 0.6 is 0 Å². The number of benzene rings is 1. The van der Waals surface area contributed by atoms with Gasteiger partial charge in [0.1, 0.15) is 0 Å². The Labute approximate surface area is 114 Å². The fourth-order valence-corrected chi connectivity index (χ4v) is 2.08. The number of alkyl halides is 2. The topological polar surface area (TPSA) is 55.1 Å². The minimum absolute atomic E-state index is 0.111. The van der Waals surface area contributed by atoms with Crippen LogP contribution in [0.5, 0.6) is 0 Å². The van der Waals surface area contributed by atoms with Gasteiger partial charge >= 0.3 is 5.97 Å². The lowest BCUT2D eigenvalue weighted by Crippen LogP contribution is -2.14. The van der Waals surface area contributed by atoms with Gasteiger partial charge in [0.15, 0.2) is 5.69 Å². The molecule has 0 spiro atoms. The van der Waals surface area contributed by atoms with E-state index in [0.29, 0.717) is 16.8 Å². The molecule has 106 valence electrons. The lowest BCUT2D eigenvalue weighted by molar-refractivity contribution is 0.0227. The summed E-state index contributed by atoms with van der Waals surface area (Å²) in [5.74, 6) is -3.98. The number of nitrogens with zero attached hydrogens (tertiary/aromatic N) is 2. The lowest BCUT2D eigenvalue weighted by Gasteiger charge is -2.14. The fraction of sp³-hybridized carbons (Fsp3) is 0.286. The van der Waals surface area contributed by atoms with Crippen molar-refractivity contribution in [3.63, 3.8) is 0 Å². The number of aromatic carboxylic acids is 1. The molecule has 0 fully saturated rings. The van der Waals surface area contributed by atoms with Crippen molar-refractivity contribution in [3.8, 4) is 11.3 Å². The summed E-state index contributed by atoms with van der Waals surface area (Å²) in [5.41, 5.74) is 1.42. The van der Waals surface area contributed by atoms with Crippen molar-refractivity contribution < 1.29 is 18.7 Å². The van der Waals surface area contributed by atoms with Gasteiger partial charge in [-0.3, -0.25) is 4.68 Å². The Hall–Kier alpha value is -2.24. The van der Waals surface area contributed by atoms with Crippen LogP contribution in [0.2, 0.25) is 0 Å². The third-order valence-corrected chi connectivity index (χ3v) is 2.89. The molecule has 0 radical (unpaired) electrons. The monoisotopic (exact) mass is 280 g/mol. The van der Waals surface area contributed by atoms with E-state index in [1.54, 1.807) is 31.3 Å². The van der Waals surface area contributed by atoms with Crippen LogP contribution < -0.4 is 0 Å². The van der Waals surface area contributed by atoms with E-state index in [1.165, 1.54) is 10.7 Å². The maximum Gasteiger partial charge on any atom is 0.356 e. The van der Waals surface area contributed by atoms with Crippen LogP contribution in [0.4, 0.5) is 8.78 Å². The zero-order chi connectivity index (χ0) is 14.9. The van der Waals surface area contributed by atoms with E-state index >= 15 is 0 Å². The first-order chi connectivity index (χ1) is 9.28. The summed E-state index contributed by atoms with van der Waals surface area (Å²) in [4.78, 5) is 10.9. The molecule has 0 unspecified atom stereocenters. The maximum absolute atomic E-state index is 13.2. The SMILES string of the molecule is Cn1nc(C(=O)O)cc1-c1ccccc1CC(C)(F)F. The summed E-state index contributed by atoms with van der Waals surface area (Å²) in [6.45, 7) is 0.857. The molecule has 1 heterocycles. The van der Waals surface area contributed by atoms with Crippen molar-refractivity contribution in [3.05, 3.63) is 41.6 Å². The van der Waals surface area contributed by atoms with E-state index in [1.807, 2.05) is 0 Å². The highest BCUT2D eigenvalue weighted by atomic mass is 19.3. The number of carbonyl (C=O) groups is 1. The normalized spacial score (nSPS) is 11.6. The maximum atomic E-state index is 13.2. The molecule has 2 rings (SSSR count). The molecule has 2 aromatic rings. The number of carboxylic acid groups (broad SMARTS) is 1. The molecule has 20 heavy (non-hydrogen) atoms. The number of carboxylic acids is 1. The lowest BCUT2D eigenvalue weighted by atomic mass is 9.99. The Morgan fingerprint density at radius 2 is 2.05 bits per heavy atom. The number of rotatable bonds is 4. The summed E-state index contributed by atoms with van der Waals surface area (Å²) >= 11 is 0. The summed E-state index contributed by atoms with van der Waals surface area (Å²) in [6, 6.07) is 8.08. The van der Waals surface area contributed by atoms with E-state index in [-0.39, 0.29) is 5.69 Å². The van der Waals surface area contributed by atoms with Crippen molar-refractivity contribution in [2.75, 3.05) is 0 Å². The molecular formula is C14H14F2N2O2. The zero-order valence-electron chi connectivity index (χ0n) is 11.1. The van der Waals surface area contributed by atoms with Crippen molar-refractivity contribution in [1.29, 1.82) is 0 Å². The predicted octanol–water partition coefficient (Wildman–Crippen LogP) is 2.98. The van der Waals surface area contributed by atoms with Gasteiger partial charge in [-0.25, -0.2) is 13.6 Å². The molecule has 1 aromatic heterocycles. The van der Waals surface area contributed by atoms with Gasteiger partial charge in [0.05, 0.1) is 5.69 Å². The van der Waals surface area contributed by atoms with E-state index in [2.05, 4.69) is 5.10 Å². The summed E-state index contributed by atoms with van der Waals surface area (Å²) in [5, 5.41) is 12.8. The molecular weight excluding hydrogens is 266 g/mol. The second-order valence-electron chi connectivity index (χ2n) is 4.75. The summed E-state index contributed by atoms with van der Waals surface area (Å²) in [7, 11) is 1.59. The Balaban J connectivity index is 2.50. The first-order valence-corrected chi connectivity index (χ1v) is 6.01. The zero-order valence-corrected chi connectivity index (χ0v) is 11.1. The van der Waals surface area contributed by atoms with Crippen molar-refractivity contribution in [1.82, 2.24) is 9.78 Å². The van der Waals surface area contributed by atoms with Gasteiger partial charge in [0, 0.05) is 19.0 Å². The first-order valence-electron chi connectivity index (χ1n) is 6.01. The average Bonchev–Trinajstić information content (AvgIpc) is 2.70. The minimum atomic E-state index is -2.83. The van der Waals surface area contributed by atoms with E-state index in [4.69, 9.17) is 5.11 Å². The van der Waals surface area contributed by atoms with Gasteiger partial charge in [0.25, 0.3) is 0 Å². The summed E-state index contributed by atoms with van der Waals surface area (Å²) < 4.78 is 27.8. The van der Waals surface area contributed by atoms with Gasteiger partial charge < -0.3 is 5.11 Å². The second kappa shape index (κ2) is 5.03. The quantitative estimate of drug-likeness (QED) is 0.936. The predicted molar refractivity (Wildman–Crippen MR) is 69.9 cm³/mol. The Morgan fingerprint density at radius 3 is 2.60 bits per heavy atom. The van der Waals surface area contributed by atoms with Crippen LogP contribution in [0, 0.1) is 0 Å². The standard InChI is InChI=1S/C14H14F2N2O2/c1-14(15,16)8-9-5-3-4-6-10(9)12-7-11(13(19)20)17-18(12)2/h3-7H,8H2,1-2H3,(H,19,20). The molecule has 0 saturated carbocycles. The highest BCUT2D eigenvalue weighted by Crippen LogP contribution is 2.28. The molecule has 0 atom stereocenters. The Kier molecular flexibility index (Phi) is 3.57. The van der Waals surface area contributed by atoms with Crippen LogP contribution in [0.1, 0.15) is 23.0 Å². The van der Waals surface area contributed by atoms with E-state index < -0.39 is 18.3 Å². The van der Waals surface area contributed by atoms with E-state index in [9.17, 15) is 13.6 Å². The van der Waals surface area contributed by atoms with Crippen LogP contribution in [0.25, 0.3) is 11.3 Å². The number of hydrogen-bond acceptors (Lipinski definition) is 2. The van der Waals surface area contributed by atoms with Crippen molar-refractivity contribution in [2.45, 2.75) is 19.3 Å². The Morgan fingerprint density at radius 1 is 1.40 bits per heavy atom. The van der Waals surface area contributed by atoms with Crippen LogP contribution in [-0.4, -0.2) is 26.8 Å². The highest BCUT2D eigenvalue weighted by Gasteiger charge is 2.24. The molecule has 0 bridgehead atoms. The van der Waals surface area contributed by atoms with Crippen LogP contribution in [-0.2, 0) is 13.5 Å². The van der Waals surface area contributed by atoms with E-state index in [0.717, 1.165) is 6.92 Å². The van der Waals surface area contributed by atoms with Gasteiger partial charge in [0.2, 0.25) is 5.92 Å². The van der Waals surface area contributed by atoms with Gasteiger partial charge in [-0.2, -0.15) is 5.10 Å². The molecule has 1 N–H and O–H groups in total. The average molecular weight is 280 g/mol. The molecule has 0 amide bonds. The molecule has 0 saturated heterocycles. The number of aryl methyl sites for hydroxylation is 1. The van der Waals surface area contributed by atoms with Crippen LogP contribution in [0.3, 0.4) is 0 Å². The van der Waals surface area contributed by atoms with Crippen LogP contribution in [0.15, 0.2) is 30.3 Å². The molecule has 0 aliphatic carbocycles. The van der Waals surface area contributed by atoms with Gasteiger partial charge in [-0.05, 0) is 18.6 Å². The largest absolute Gasteiger partial charge is 0.476 e. The highest BCUT2D eigenvalue weighted by molar-refractivity contribution is 5.87. The molecule has 6 heteroatoms. The molecule has 0 aliphatic heterocycles. The molecule has 4 nitrogen and oxygen atoms in total. The van der Waals surface area contributed by atoms with Crippen molar-refractivity contribution >= 4 is 5.97 Å². The van der Waals surface area contributed by atoms with Crippen molar-refractivity contribution in [2.24, 2.45) is 7.05 Å². The second-order valence-corrected chi connectivity index (χ2v) is 4.75. The smallest absolute Gasteiger partial charge is 0.356 e. The third-order valence-electron chi connectivity index (χ3n) is 2.89. The third kappa shape index (κ3) is 3.01. The fourth-order valence-electron chi connectivity index (χ4n) is 2.08. The number of aromatic nitrogens is 2. The molecule has 0 aliphatic rings. The van der Waals surface area contributed by atoms with Gasteiger partial charge in [-0.15, -0.1) is 0 Å². The Bertz CT molecular complexity index is 645. The summed E-state index contributed by atoms with van der Waals surface area (Å²) in [6.07, 6.45) is -0.406. The number of hydrogen-bond donors (Lipinski definition) is 1. The first kappa shape index (κ1) is 14.2. The minimum Gasteiger partial charge on any atom is -0.476 e. The number of halogens is 2. The van der Waals surface area contributed by atoms with Gasteiger partial charge in [-0.1, -0.05) is 24.3 Å². The molecule has 1 aromatic carbocycles.